The molecule has 0 N–H and O–H groups in total. The van der Waals surface area contributed by atoms with E-state index in [-0.39, 0.29) is 11.3 Å². The second-order valence-corrected chi connectivity index (χ2v) is 7.18. The van der Waals surface area contributed by atoms with Crippen LogP contribution in [0.15, 0.2) is 43.0 Å². The standard InChI is InChI=1S/C19H23N5O/c25-17-3-7-19(15-24(17)13-16-4-10-20-11-5-16)6-1-12-23(14-19)18-21-8-2-9-22-18/h2,4-5,8-11H,1,3,6-7,12-15H2. The van der Waals surface area contributed by atoms with Crippen molar-refractivity contribution in [1.82, 2.24) is 19.9 Å². The maximum Gasteiger partial charge on any atom is 0.225 e. The molecule has 0 aliphatic carbocycles. The predicted octanol–water partition coefficient (Wildman–Crippen LogP) is 2.28. The molecule has 1 atom stereocenters. The van der Waals surface area contributed by atoms with Gasteiger partial charge in [0.05, 0.1) is 0 Å². The number of carbonyl (C=O) groups is 1. The first-order chi connectivity index (χ1) is 12.2. The number of likely N-dealkylation sites (tertiary alicyclic amines) is 1. The summed E-state index contributed by atoms with van der Waals surface area (Å²) in [7, 11) is 0. The van der Waals surface area contributed by atoms with Gasteiger partial charge in [-0.1, -0.05) is 0 Å². The second-order valence-electron chi connectivity index (χ2n) is 7.18. The zero-order chi connectivity index (χ0) is 17.1. The summed E-state index contributed by atoms with van der Waals surface area (Å²) in [6, 6.07) is 5.82. The molecule has 2 aromatic rings. The van der Waals surface area contributed by atoms with Gasteiger partial charge in [-0.15, -0.1) is 0 Å². The Morgan fingerprint density at radius 3 is 2.64 bits per heavy atom. The summed E-state index contributed by atoms with van der Waals surface area (Å²) in [5.74, 6) is 1.06. The molecule has 4 rings (SSSR count). The number of amides is 1. The summed E-state index contributed by atoms with van der Waals surface area (Å²) in [6.45, 7) is 3.41. The topological polar surface area (TPSA) is 62.2 Å². The highest BCUT2D eigenvalue weighted by atomic mass is 16.2. The van der Waals surface area contributed by atoms with E-state index in [1.54, 1.807) is 24.8 Å². The summed E-state index contributed by atoms with van der Waals surface area (Å²) in [5, 5.41) is 0. The molecule has 6 heteroatoms. The Hall–Kier alpha value is -2.50. The van der Waals surface area contributed by atoms with Gasteiger partial charge in [0.15, 0.2) is 0 Å². The Kier molecular flexibility index (Phi) is 4.34. The number of pyridine rings is 1. The minimum atomic E-state index is 0.151. The lowest BCUT2D eigenvalue weighted by atomic mass is 9.73. The van der Waals surface area contributed by atoms with E-state index in [2.05, 4.69) is 19.9 Å². The number of piperidine rings is 2. The molecule has 4 heterocycles. The Balaban J connectivity index is 1.50. The minimum Gasteiger partial charge on any atom is -0.340 e. The molecule has 0 saturated carbocycles. The van der Waals surface area contributed by atoms with Gasteiger partial charge in [0.2, 0.25) is 11.9 Å². The third-order valence-electron chi connectivity index (χ3n) is 5.37. The van der Waals surface area contributed by atoms with Crippen LogP contribution in [0, 0.1) is 5.41 Å². The molecule has 2 aliphatic heterocycles. The average Bonchev–Trinajstić information content (AvgIpc) is 2.67. The number of aromatic nitrogens is 3. The van der Waals surface area contributed by atoms with Gasteiger partial charge >= 0.3 is 0 Å². The summed E-state index contributed by atoms with van der Waals surface area (Å²) < 4.78 is 0. The van der Waals surface area contributed by atoms with Crippen LogP contribution in [0.2, 0.25) is 0 Å². The van der Waals surface area contributed by atoms with Crippen LogP contribution in [-0.2, 0) is 11.3 Å². The van der Waals surface area contributed by atoms with Crippen molar-refractivity contribution in [2.75, 3.05) is 24.5 Å². The van der Waals surface area contributed by atoms with E-state index in [1.807, 2.05) is 23.1 Å². The van der Waals surface area contributed by atoms with Crippen LogP contribution in [0.4, 0.5) is 5.95 Å². The van der Waals surface area contributed by atoms with Crippen molar-refractivity contribution in [1.29, 1.82) is 0 Å². The van der Waals surface area contributed by atoms with E-state index in [9.17, 15) is 4.79 Å². The molecule has 1 spiro atoms. The predicted molar refractivity (Wildman–Crippen MR) is 94.8 cm³/mol. The van der Waals surface area contributed by atoms with Crippen LogP contribution < -0.4 is 4.90 Å². The van der Waals surface area contributed by atoms with Crippen LogP contribution in [0.3, 0.4) is 0 Å². The van der Waals surface area contributed by atoms with Crippen molar-refractivity contribution in [3.8, 4) is 0 Å². The lowest BCUT2D eigenvalue weighted by Gasteiger charge is -2.48. The molecule has 0 radical (unpaired) electrons. The zero-order valence-corrected chi connectivity index (χ0v) is 14.3. The summed E-state index contributed by atoms with van der Waals surface area (Å²) >= 11 is 0. The Bertz CT molecular complexity index is 723. The van der Waals surface area contributed by atoms with E-state index in [4.69, 9.17) is 0 Å². The van der Waals surface area contributed by atoms with E-state index < -0.39 is 0 Å². The van der Waals surface area contributed by atoms with Gasteiger partial charge in [-0.2, -0.15) is 0 Å². The molecule has 6 nitrogen and oxygen atoms in total. The third kappa shape index (κ3) is 3.48. The van der Waals surface area contributed by atoms with Crippen molar-refractivity contribution < 1.29 is 4.79 Å². The molecule has 130 valence electrons. The summed E-state index contributed by atoms with van der Waals surface area (Å²) in [4.78, 5) is 29.6. The van der Waals surface area contributed by atoms with Crippen LogP contribution in [0.1, 0.15) is 31.2 Å². The SMILES string of the molecule is O=C1CCC2(CCCN(c3ncccn3)C2)CN1Cc1ccncc1. The summed E-state index contributed by atoms with van der Waals surface area (Å²) in [6.07, 6.45) is 11.0. The fourth-order valence-electron chi connectivity index (χ4n) is 4.12. The summed E-state index contributed by atoms with van der Waals surface area (Å²) in [5.41, 5.74) is 1.29. The van der Waals surface area contributed by atoms with Gasteiger partial charge in [0.1, 0.15) is 0 Å². The smallest absolute Gasteiger partial charge is 0.225 e. The van der Waals surface area contributed by atoms with Gasteiger partial charge in [-0.05, 0) is 43.0 Å². The number of anilines is 1. The quantitative estimate of drug-likeness (QED) is 0.860. The lowest BCUT2D eigenvalue weighted by Crippen LogP contribution is -2.54. The molecular formula is C19H23N5O. The van der Waals surface area contributed by atoms with E-state index in [0.717, 1.165) is 50.4 Å². The fraction of sp³-hybridized carbons (Fsp3) is 0.474. The van der Waals surface area contributed by atoms with Crippen molar-refractivity contribution in [2.24, 2.45) is 5.41 Å². The van der Waals surface area contributed by atoms with E-state index in [1.165, 1.54) is 0 Å². The highest BCUT2D eigenvalue weighted by molar-refractivity contribution is 5.77. The molecule has 1 unspecified atom stereocenters. The molecule has 2 aromatic heterocycles. The minimum absolute atomic E-state index is 0.151. The van der Waals surface area contributed by atoms with E-state index in [0.29, 0.717) is 13.0 Å². The van der Waals surface area contributed by atoms with Gasteiger partial charge in [-0.3, -0.25) is 9.78 Å². The van der Waals surface area contributed by atoms with Crippen molar-refractivity contribution in [3.63, 3.8) is 0 Å². The first-order valence-corrected chi connectivity index (χ1v) is 8.93. The second kappa shape index (κ2) is 6.78. The van der Waals surface area contributed by atoms with Gasteiger partial charge in [0, 0.05) is 62.8 Å². The van der Waals surface area contributed by atoms with Crippen LogP contribution in [-0.4, -0.2) is 45.4 Å². The lowest BCUT2D eigenvalue weighted by molar-refractivity contribution is -0.138. The Labute approximate surface area is 147 Å². The average molecular weight is 337 g/mol. The molecule has 2 saturated heterocycles. The van der Waals surface area contributed by atoms with E-state index >= 15 is 0 Å². The normalized spacial score (nSPS) is 23.9. The molecule has 25 heavy (non-hydrogen) atoms. The maximum atomic E-state index is 12.4. The van der Waals surface area contributed by atoms with Gasteiger partial charge in [-0.25, -0.2) is 9.97 Å². The molecule has 0 aromatic carbocycles. The van der Waals surface area contributed by atoms with Gasteiger partial charge in [0.25, 0.3) is 0 Å². The monoisotopic (exact) mass is 337 g/mol. The Morgan fingerprint density at radius 2 is 1.84 bits per heavy atom. The number of nitrogens with zero attached hydrogens (tertiary/aromatic N) is 5. The van der Waals surface area contributed by atoms with Gasteiger partial charge < -0.3 is 9.80 Å². The van der Waals surface area contributed by atoms with Crippen LogP contribution in [0.5, 0.6) is 0 Å². The van der Waals surface area contributed by atoms with Crippen LogP contribution in [0.25, 0.3) is 0 Å². The first kappa shape index (κ1) is 16.0. The molecular weight excluding hydrogens is 314 g/mol. The highest BCUT2D eigenvalue weighted by Gasteiger charge is 2.42. The van der Waals surface area contributed by atoms with Crippen molar-refractivity contribution in [2.45, 2.75) is 32.2 Å². The fourth-order valence-corrected chi connectivity index (χ4v) is 4.12. The molecule has 1 amide bonds. The number of rotatable bonds is 3. The molecule has 0 bridgehead atoms. The number of carbonyl (C=O) groups excluding carboxylic acids is 1. The number of hydrogen-bond donors (Lipinski definition) is 0. The van der Waals surface area contributed by atoms with Crippen molar-refractivity contribution in [3.05, 3.63) is 48.5 Å². The highest BCUT2D eigenvalue weighted by Crippen LogP contribution is 2.39. The van der Waals surface area contributed by atoms with Crippen LogP contribution >= 0.6 is 0 Å². The Morgan fingerprint density at radius 1 is 1.04 bits per heavy atom. The largest absolute Gasteiger partial charge is 0.340 e. The number of hydrogen-bond acceptors (Lipinski definition) is 5. The maximum absolute atomic E-state index is 12.4. The first-order valence-electron chi connectivity index (χ1n) is 8.93. The third-order valence-corrected chi connectivity index (χ3v) is 5.37. The zero-order valence-electron chi connectivity index (χ0n) is 14.3. The molecule has 2 aliphatic rings. The van der Waals surface area contributed by atoms with Crippen molar-refractivity contribution >= 4 is 11.9 Å². The molecule has 2 fully saturated rings.